The molecule has 5 nitrogen and oxygen atoms in total. The molecule has 0 aromatic heterocycles. The smallest absolute Gasteiger partial charge is 0.408 e. The van der Waals surface area contributed by atoms with Gasteiger partial charge in [-0.3, -0.25) is 4.79 Å². The summed E-state index contributed by atoms with van der Waals surface area (Å²) >= 11 is 7.52. The lowest BCUT2D eigenvalue weighted by Gasteiger charge is -2.27. The summed E-state index contributed by atoms with van der Waals surface area (Å²) in [7, 11) is 0. The Morgan fingerprint density at radius 2 is 1.66 bits per heavy atom. The van der Waals surface area contributed by atoms with Crippen LogP contribution >= 0.6 is 23.4 Å². The summed E-state index contributed by atoms with van der Waals surface area (Å²) in [6.45, 7) is 0.105. The fourth-order valence-electron chi connectivity index (χ4n) is 4.09. The maximum absolute atomic E-state index is 13.2. The van der Waals surface area contributed by atoms with E-state index >= 15 is 0 Å². The molecule has 0 bridgehead atoms. The van der Waals surface area contributed by atoms with Crippen LogP contribution in [0.15, 0.2) is 78.9 Å². The molecule has 2 amide bonds. The Morgan fingerprint density at radius 3 is 2.43 bits per heavy atom. The number of nitrogens with one attached hydrogen (secondary N) is 2. The Labute approximate surface area is 215 Å². The second-order valence-corrected chi connectivity index (χ2v) is 10.1. The zero-order valence-corrected chi connectivity index (χ0v) is 21.0. The van der Waals surface area contributed by atoms with Crippen molar-refractivity contribution >= 4 is 35.4 Å². The van der Waals surface area contributed by atoms with Gasteiger partial charge in [0, 0.05) is 22.6 Å². The van der Waals surface area contributed by atoms with Gasteiger partial charge in [-0.2, -0.15) is 11.8 Å². The molecule has 0 fully saturated rings. The third-order valence-corrected chi connectivity index (χ3v) is 7.34. The molecular weight excluding hydrogens is 480 g/mol. The first-order chi connectivity index (χ1) is 17.1. The Morgan fingerprint density at radius 1 is 0.943 bits per heavy atom. The topological polar surface area (TPSA) is 67.4 Å². The van der Waals surface area contributed by atoms with Gasteiger partial charge in [0.25, 0.3) is 0 Å². The maximum atomic E-state index is 13.2. The minimum Gasteiger partial charge on any atom is -0.445 e. The molecule has 182 valence electrons. The minimum atomic E-state index is -0.696. The number of alkyl carbamates (subject to hydrolysis) is 1. The highest BCUT2D eigenvalue weighted by Crippen LogP contribution is 2.21. The number of carbonyl (C=O) groups excluding carboxylic acids is 2. The standard InChI is InChI=1S/C28H29ClN2O3S/c29-24-13-10-20(11-14-24)17-34-28(33)31-26(19-35-18-21-6-2-1-3-7-21)27(32)30-25-15-12-22-8-4-5-9-23(22)16-25/h1-11,13-14,25-26H,12,15-19H2,(H,30,32)(H,31,33). The van der Waals surface area contributed by atoms with E-state index in [1.165, 1.54) is 16.7 Å². The number of fused-ring (bicyclic) bond motifs is 1. The highest BCUT2D eigenvalue weighted by molar-refractivity contribution is 7.98. The van der Waals surface area contributed by atoms with Crippen molar-refractivity contribution in [3.8, 4) is 0 Å². The van der Waals surface area contributed by atoms with E-state index < -0.39 is 12.1 Å². The SMILES string of the molecule is O=C(NC(CSCc1ccccc1)C(=O)NC1CCc2ccccc2C1)OCc1ccc(Cl)cc1. The highest BCUT2D eigenvalue weighted by atomic mass is 35.5. The largest absolute Gasteiger partial charge is 0.445 e. The summed E-state index contributed by atoms with van der Waals surface area (Å²) < 4.78 is 5.37. The number of halogens is 1. The molecular formula is C28H29ClN2O3S. The van der Waals surface area contributed by atoms with Gasteiger partial charge in [-0.25, -0.2) is 4.79 Å². The highest BCUT2D eigenvalue weighted by Gasteiger charge is 2.26. The molecule has 7 heteroatoms. The van der Waals surface area contributed by atoms with Crippen LogP contribution in [-0.4, -0.2) is 29.8 Å². The fourth-order valence-corrected chi connectivity index (χ4v) is 5.23. The van der Waals surface area contributed by atoms with E-state index in [9.17, 15) is 9.59 Å². The number of hydrogen-bond donors (Lipinski definition) is 2. The van der Waals surface area contributed by atoms with Gasteiger partial charge in [0.1, 0.15) is 12.6 Å². The van der Waals surface area contributed by atoms with Crippen molar-refractivity contribution in [3.05, 3.63) is 106 Å². The average molecular weight is 509 g/mol. The monoisotopic (exact) mass is 508 g/mol. The van der Waals surface area contributed by atoms with Crippen molar-refractivity contribution in [2.45, 2.75) is 43.7 Å². The first kappa shape index (κ1) is 25.1. The molecule has 0 spiro atoms. The van der Waals surface area contributed by atoms with Gasteiger partial charge in [0.2, 0.25) is 5.91 Å². The van der Waals surface area contributed by atoms with Crippen LogP contribution in [0.2, 0.25) is 5.02 Å². The van der Waals surface area contributed by atoms with Gasteiger partial charge in [0.15, 0.2) is 0 Å². The van der Waals surface area contributed by atoms with Crippen LogP contribution in [0.25, 0.3) is 0 Å². The quantitative estimate of drug-likeness (QED) is 0.398. The first-order valence-corrected chi connectivity index (χ1v) is 13.3. The average Bonchev–Trinajstić information content (AvgIpc) is 2.88. The van der Waals surface area contributed by atoms with Crippen LogP contribution in [0.4, 0.5) is 4.79 Å². The number of rotatable bonds is 9. The second kappa shape index (κ2) is 12.7. The van der Waals surface area contributed by atoms with Crippen LogP contribution in [0, 0.1) is 0 Å². The Kier molecular flexibility index (Phi) is 9.09. The molecule has 4 rings (SSSR count). The number of benzene rings is 3. The summed E-state index contributed by atoms with van der Waals surface area (Å²) in [4.78, 5) is 25.7. The fraction of sp³-hybridized carbons (Fsp3) is 0.286. The molecule has 2 unspecified atom stereocenters. The van der Waals surface area contributed by atoms with Crippen molar-refractivity contribution in [1.82, 2.24) is 10.6 Å². The predicted molar refractivity (Wildman–Crippen MR) is 142 cm³/mol. The molecule has 1 aliphatic rings. The third-order valence-electron chi connectivity index (χ3n) is 5.98. The van der Waals surface area contributed by atoms with Crippen molar-refractivity contribution in [2.24, 2.45) is 0 Å². The molecule has 0 saturated heterocycles. The molecule has 35 heavy (non-hydrogen) atoms. The van der Waals surface area contributed by atoms with Crippen LogP contribution in [0.1, 0.15) is 28.7 Å². The van der Waals surface area contributed by atoms with E-state index in [0.29, 0.717) is 10.8 Å². The van der Waals surface area contributed by atoms with Crippen molar-refractivity contribution in [1.29, 1.82) is 0 Å². The van der Waals surface area contributed by atoms with E-state index in [0.717, 1.165) is 30.6 Å². The number of ether oxygens (including phenoxy) is 1. The Balaban J connectivity index is 1.34. The number of thioether (sulfide) groups is 1. The summed E-state index contributed by atoms with van der Waals surface area (Å²) in [5.41, 5.74) is 4.61. The summed E-state index contributed by atoms with van der Waals surface area (Å²) in [5.74, 6) is 1.02. The maximum Gasteiger partial charge on any atom is 0.408 e. The molecule has 2 atom stereocenters. The molecule has 0 heterocycles. The molecule has 3 aromatic rings. The van der Waals surface area contributed by atoms with Crippen molar-refractivity contribution in [3.63, 3.8) is 0 Å². The lowest BCUT2D eigenvalue weighted by molar-refractivity contribution is -0.123. The summed E-state index contributed by atoms with van der Waals surface area (Å²) in [6.07, 6.45) is 2.00. The Bertz CT molecular complexity index is 1120. The summed E-state index contributed by atoms with van der Waals surface area (Å²) in [5, 5.41) is 6.55. The molecule has 0 radical (unpaired) electrons. The Hall–Kier alpha value is -2.96. The van der Waals surface area contributed by atoms with E-state index in [-0.39, 0.29) is 18.6 Å². The number of hydrogen-bond acceptors (Lipinski definition) is 4. The van der Waals surface area contributed by atoms with Crippen molar-refractivity contribution < 1.29 is 14.3 Å². The third kappa shape index (κ3) is 7.77. The van der Waals surface area contributed by atoms with Crippen LogP contribution < -0.4 is 10.6 Å². The second-order valence-electron chi connectivity index (χ2n) is 8.62. The molecule has 2 N–H and O–H groups in total. The lowest BCUT2D eigenvalue weighted by Crippen LogP contribution is -2.52. The van der Waals surface area contributed by atoms with E-state index in [2.05, 4.69) is 41.0 Å². The minimum absolute atomic E-state index is 0.0471. The first-order valence-electron chi connectivity index (χ1n) is 11.7. The normalized spacial score (nSPS) is 15.5. The van der Waals surface area contributed by atoms with Crippen LogP contribution in [0.5, 0.6) is 0 Å². The van der Waals surface area contributed by atoms with E-state index in [4.69, 9.17) is 16.3 Å². The number of carbonyl (C=O) groups is 2. The van der Waals surface area contributed by atoms with Crippen LogP contribution in [-0.2, 0) is 34.7 Å². The van der Waals surface area contributed by atoms with Gasteiger partial charge in [-0.1, -0.05) is 78.3 Å². The number of amides is 2. The van der Waals surface area contributed by atoms with Gasteiger partial charge in [-0.15, -0.1) is 0 Å². The van der Waals surface area contributed by atoms with Gasteiger partial charge in [-0.05, 0) is 53.6 Å². The summed E-state index contributed by atoms with van der Waals surface area (Å²) in [6, 6.07) is 24.9. The van der Waals surface area contributed by atoms with Gasteiger partial charge >= 0.3 is 6.09 Å². The molecule has 1 aliphatic carbocycles. The predicted octanol–water partition coefficient (Wildman–Crippen LogP) is 5.54. The lowest BCUT2D eigenvalue weighted by atomic mass is 9.88. The van der Waals surface area contributed by atoms with Gasteiger partial charge < -0.3 is 15.4 Å². The van der Waals surface area contributed by atoms with Crippen LogP contribution in [0.3, 0.4) is 0 Å². The van der Waals surface area contributed by atoms with E-state index in [1.807, 2.05) is 24.3 Å². The molecule has 0 aliphatic heterocycles. The molecule has 3 aromatic carbocycles. The zero-order chi connectivity index (χ0) is 24.5. The van der Waals surface area contributed by atoms with E-state index in [1.54, 1.807) is 36.0 Å². The molecule has 0 saturated carbocycles. The zero-order valence-electron chi connectivity index (χ0n) is 19.4. The van der Waals surface area contributed by atoms with Crippen molar-refractivity contribution in [2.75, 3.05) is 5.75 Å². The number of aryl methyl sites for hydroxylation is 1. The van der Waals surface area contributed by atoms with Gasteiger partial charge in [0.05, 0.1) is 0 Å².